The number of rotatable bonds is 3. The summed E-state index contributed by atoms with van der Waals surface area (Å²) in [4.78, 5) is 31.9. The van der Waals surface area contributed by atoms with Crippen molar-refractivity contribution < 1.29 is 23.2 Å². The van der Waals surface area contributed by atoms with Crippen LogP contribution in [0.25, 0.3) is 0 Å². The first-order chi connectivity index (χ1) is 12.1. The molecule has 0 spiro atoms. The number of nitrogens with one attached hydrogen (secondary N) is 2. The molecule has 3 rings (SSSR count). The predicted molar refractivity (Wildman–Crippen MR) is 90.7 cm³/mol. The van der Waals surface area contributed by atoms with Gasteiger partial charge in [0.15, 0.2) is 0 Å². The highest BCUT2D eigenvalue weighted by molar-refractivity contribution is 5.90. The van der Waals surface area contributed by atoms with Gasteiger partial charge in [0.25, 0.3) is 0 Å². The molecule has 2 unspecified atom stereocenters. The Kier molecular flexibility index (Phi) is 4.98. The number of carbonyl (C=O) groups is 2. The van der Waals surface area contributed by atoms with E-state index >= 15 is 0 Å². The molecule has 26 heavy (non-hydrogen) atoms. The largest absolute Gasteiger partial charge is 0.390 e. The molecule has 1 saturated heterocycles. The lowest BCUT2D eigenvalue weighted by Gasteiger charge is -2.42. The second kappa shape index (κ2) is 6.79. The van der Waals surface area contributed by atoms with Crippen molar-refractivity contribution in [3.05, 3.63) is 12.0 Å². The number of halogens is 2. The predicted octanol–water partition coefficient (Wildman–Crippen LogP) is 2.32. The highest BCUT2D eigenvalue weighted by Crippen LogP contribution is 2.38. The summed E-state index contributed by atoms with van der Waals surface area (Å²) in [7, 11) is 0. The molecule has 0 radical (unpaired) electrons. The van der Waals surface area contributed by atoms with Crippen LogP contribution in [-0.4, -0.2) is 41.3 Å². The highest BCUT2D eigenvalue weighted by atomic mass is 19.3. The van der Waals surface area contributed by atoms with Crippen molar-refractivity contribution in [3.63, 3.8) is 0 Å². The minimum atomic E-state index is -2.66. The third-order valence-corrected chi connectivity index (χ3v) is 5.47. The molecule has 2 heterocycles. The number of amides is 2. The van der Waals surface area contributed by atoms with E-state index < -0.39 is 17.9 Å². The van der Waals surface area contributed by atoms with Gasteiger partial charge in [-0.25, -0.2) is 8.78 Å². The minimum absolute atomic E-state index is 0.0270. The Morgan fingerprint density at radius 2 is 1.92 bits per heavy atom. The van der Waals surface area contributed by atoms with E-state index in [9.17, 15) is 18.4 Å². The number of nitrogens with zero attached hydrogens (tertiary/aromatic N) is 1. The number of alkyl halides is 2. The molecule has 0 aromatic heterocycles. The van der Waals surface area contributed by atoms with E-state index in [-0.39, 0.29) is 49.0 Å². The summed E-state index contributed by atoms with van der Waals surface area (Å²) in [5.74, 6) is -3.20. The fraction of sp³-hybridized carbons (Fsp3) is 0.778. The van der Waals surface area contributed by atoms with Gasteiger partial charge < -0.3 is 9.74 Å². The van der Waals surface area contributed by atoms with Gasteiger partial charge in [-0.05, 0) is 30.8 Å². The number of likely N-dealkylation sites (tertiary alicyclic amines) is 1. The maximum Gasteiger partial charge on any atom is 0.249 e. The first kappa shape index (κ1) is 19.1. The summed E-state index contributed by atoms with van der Waals surface area (Å²) < 4.78 is 26.5. The van der Waals surface area contributed by atoms with Crippen molar-refractivity contribution in [2.45, 2.75) is 70.9 Å². The molecule has 2 fully saturated rings. The number of hydroxylamine groups is 1. The SMILES string of the molecule is CC(C)(C)C1C=C(NC(=O)C2CCN2C(=O)C2CCC(F)(F)CC2)ON1. The van der Waals surface area contributed by atoms with Crippen LogP contribution in [0.5, 0.6) is 0 Å². The number of carbonyl (C=O) groups excluding carboxylic acids is 2. The monoisotopic (exact) mass is 371 g/mol. The zero-order valence-corrected chi connectivity index (χ0v) is 15.5. The van der Waals surface area contributed by atoms with Crippen LogP contribution in [0.15, 0.2) is 12.0 Å². The molecule has 8 heteroatoms. The maximum atomic E-state index is 13.3. The normalized spacial score (nSPS) is 28.8. The molecular formula is C18H27F2N3O3. The van der Waals surface area contributed by atoms with Crippen LogP contribution in [0.2, 0.25) is 0 Å². The molecular weight excluding hydrogens is 344 g/mol. The second-order valence-corrected chi connectivity index (χ2v) is 8.55. The van der Waals surface area contributed by atoms with E-state index in [0.717, 1.165) is 0 Å². The van der Waals surface area contributed by atoms with Crippen LogP contribution in [0.3, 0.4) is 0 Å². The van der Waals surface area contributed by atoms with Crippen LogP contribution in [-0.2, 0) is 14.4 Å². The Morgan fingerprint density at radius 1 is 1.27 bits per heavy atom. The Balaban J connectivity index is 1.54. The van der Waals surface area contributed by atoms with Crippen molar-refractivity contribution in [2.24, 2.45) is 11.3 Å². The van der Waals surface area contributed by atoms with Crippen LogP contribution >= 0.6 is 0 Å². The van der Waals surface area contributed by atoms with Gasteiger partial charge >= 0.3 is 0 Å². The standard InChI is InChI=1S/C18H27F2N3O3/c1-17(2,3)13-10-14(26-22-13)21-15(24)12-6-9-23(12)16(25)11-4-7-18(19,20)8-5-11/h10-13,22H,4-9H2,1-3H3,(H,21,24). The molecule has 2 atom stereocenters. The van der Waals surface area contributed by atoms with Crippen LogP contribution < -0.4 is 10.8 Å². The van der Waals surface area contributed by atoms with Crippen molar-refractivity contribution in [1.82, 2.24) is 15.7 Å². The second-order valence-electron chi connectivity index (χ2n) is 8.55. The van der Waals surface area contributed by atoms with E-state index in [4.69, 9.17) is 4.84 Å². The van der Waals surface area contributed by atoms with Gasteiger partial charge in [-0.2, -0.15) is 0 Å². The highest BCUT2D eigenvalue weighted by Gasteiger charge is 2.44. The van der Waals surface area contributed by atoms with Crippen molar-refractivity contribution in [2.75, 3.05) is 6.54 Å². The summed E-state index contributed by atoms with van der Waals surface area (Å²) in [6.45, 7) is 6.65. The zero-order valence-electron chi connectivity index (χ0n) is 15.5. The van der Waals surface area contributed by atoms with E-state index in [1.165, 1.54) is 4.90 Å². The lowest BCUT2D eigenvalue weighted by molar-refractivity contribution is -0.153. The van der Waals surface area contributed by atoms with Gasteiger partial charge in [0.2, 0.25) is 23.6 Å². The Morgan fingerprint density at radius 3 is 2.42 bits per heavy atom. The van der Waals surface area contributed by atoms with Crippen molar-refractivity contribution in [3.8, 4) is 0 Å². The zero-order chi connectivity index (χ0) is 19.1. The Hall–Kier alpha value is -1.70. The first-order valence-corrected chi connectivity index (χ1v) is 9.20. The fourth-order valence-corrected chi connectivity index (χ4v) is 3.49. The summed E-state index contributed by atoms with van der Waals surface area (Å²) in [6, 6.07) is -0.580. The molecule has 1 saturated carbocycles. The minimum Gasteiger partial charge on any atom is -0.390 e. The van der Waals surface area contributed by atoms with Crippen LogP contribution in [0.1, 0.15) is 52.9 Å². The quantitative estimate of drug-likeness (QED) is 0.799. The lowest BCUT2D eigenvalue weighted by atomic mass is 9.84. The van der Waals surface area contributed by atoms with Gasteiger partial charge in [0.05, 0.1) is 6.04 Å². The average Bonchev–Trinajstić information content (AvgIpc) is 2.94. The molecule has 6 nitrogen and oxygen atoms in total. The summed E-state index contributed by atoms with van der Waals surface area (Å²) in [5, 5.41) is 2.71. The maximum absolute atomic E-state index is 13.3. The summed E-state index contributed by atoms with van der Waals surface area (Å²) in [5.41, 5.74) is 2.80. The smallest absolute Gasteiger partial charge is 0.249 e. The molecule has 0 bridgehead atoms. The van der Waals surface area contributed by atoms with Gasteiger partial charge in [-0.3, -0.25) is 14.9 Å². The average molecular weight is 371 g/mol. The van der Waals surface area contributed by atoms with E-state index in [2.05, 4.69) is 31.6 Å². The third kappa shape index (κ3) is 4.00. The lowest BCUT2D eigenvalue weighted by Crippen LogP contribution is -2.59. The van der Waals surface area contributed by atoms with E-state index in [1.54, 1.807) is 0 Å². The van der Waals surface area contributed by atoms with E-state index in [0.29, 0.717) is 18.8 Å². The molecule has 3 aliphatic rings. The van der Waals surface area contributed by atoms with Crippen molar-refractivity contribution in [1.29, 1.82) is 0 Å². The van der Waals surface area contributed by atoms with Crippen molar-refractivity contribution >= 4 is 11.8 Å². The summed E-state index contributed by atoms with van der Waals surface area (Å²) in [6.07, 6.45) is 2.24. The van der Waals surface area contributed by atoms with Gasteiger partial charge in [-0.1, -0.05) is 20.8 Å². The van der Waals surface area contributed by atoms with E-state index in [1.807, 2.05) is 6.08 Å². The molecule has 1 aliphatic carbocycles. The van der Waals surface area contributed by atoms with Gasteiger partial charge in [0.1, 0.15) is 6.04 Å². The topological polar surface area (TPSA) is 70.7 Å². The Bertz CT molecular complexity index is 605. The fourth-order valence-electron chi connectivity index (χ4n) is 3.49. The number of hydrogen-bond donors (Lipinski definition) is 2. The molecule has 2 N–H and O–H groups in total. The van der Waals surface area contributed by atoms with Gasteiger partial charge in [-0.15, -0.1) is 5.48 Å². The van der Waals surface area contributed by atoms with Crippen LogP contribution in [0, 0.1) is 11.3 Å². The molecule has 0 aromatic rings. The third-order valence-electron chi connectivity index (χ3n) is 5.47. The van der Waals surface area contributed by atoms with Gasteiger partial charge in [0, 0.05) is 25.3 Å². The molecule has 2 amide bonds. The molecule has 146 valence electrons. The molecule has 0 aromatic carbocycles. The number of hydrogen-bond acceptors (Lipinski definition) is 4. The Labute approximate surface area is 152 Å². The summed E-state index contributed by atoms with van der Waals surface area (Å²) >= 11 is 0. The van der Waals surface area contributed by atoms with Crippen LogP contribution in [0.4, 0.5) is 8.78 Å². The molecule has 2 aliphatic heterocycles. The first-order valence-electron chi connectivity index (χ1n) is 9.20.